The first-order valence-corrected chi connectivity index (χ1v) is 17.7. The lowest BCUT2D eigenvalue weighted by atomic mass is 9.93. The zero-order valence-electron chi connectivity index (χ0n) is 29.9. The van der Waals surface area contributed by atoms with Crippen molar-refractivity contribution < 1.29 is 9.53 Å². The van der Waals surface area contributed by atoms with Crippen molar-refractivity contribution in [2.24, 2.45) is 11.7 Å². The summed E-state index contributed by atoms with van der Waals surface area (Å²) in [4.78, 5) is 50.1. The van der Waals surface area contributed by atoms with Gasteiger partial charge in [-0.05, 0) is 128 Å². The quantitative estimate of drug-likeness (QED) is 0.273. The Balaban J connectivity index is 0.000000199. The SMILES string of the molecule is Cc1cnc2ccc(=O)n(CCN3CCC(CC(=O)OC(C)(C)C)CC3)c2c1.Cc1cnc2ccc(=O)n(CCN3CCC(N)CC3)c2c1. The van der Waals surface area contributed by atoms with Gasteiger partial charge in [-0.25, -0.2) is 0 Å². The maximum atomic E-state index is 12.4. The molecule has 4 aromatic rings. The first-order chi connectivity index (χ1) is 23.3. The Morgan fingerprint density at radius 2 is 1.20 bits per heavy atom. The number of piperidine rings is 2. The van der Waals surface area contributed by atoms with Crippen LogP contribution in [-0.4, -0.2) is 85.8 Å². The summed E-state index contributed by atoms with van der Waals surface area (Å²) < 4.78 is 9.10. The summed E-state index contributed by atoms with van der Waals surface area (Å²) in [7, 11) is 0. The average Bonchev–Trinajstić information content (AvgIpc) is 3.05. The molecule has 2 N–H and O–H groups in total. The highest BCUT2D eigenvalue weighted by Gasteiger charge is 2.24. The molecule has 11 heteroatoms. The molecule has 49 heavy (non-hydrogen) atoms. The molecule has 0 unspecified atom stereocenters. The molecule has 6 rings (SSSR count). The van der Waals surface area contributed by atoms with Crippen LogP contribution in [0.1, 0.15) is 64.0 Å². The molecule has 2 fully saturated rings. The number of carbonyl (C=O) groups is 1. The molecular weight excluding hydrogens is 618 g/mol. The van der Waals surface area contributed by atoms with Crippen LogP contribution in [0.3, 0.4) is 0 Å². The first kappa shape index (κ1) is 36.4. The fraction of sp³-hybridized carbons (Fsp3) is 0.553. The maximum Gasteiger partial charge on any atom is 0.306 e. The average molecular weight is 672 g/mol. The minimum Gasteiger partial charge on any atom is -0.460 e. The topological polar surface area (TPSA) is 129 Å². The van der Waals surface area contributed by atoms with Crippen molar-refractivity contribution in [1.29, 1.82) is 0 Å². The number of hydrogen-bond acceptors (Lipinski definition) is 9. The van der Waals surface area contributed by atoms with Crippen LogP contribution in [0.5, 0.6) is 0 Å². The molecular formula is C38H53N7O4. The van der Waals surface area contributed by atoms with Crippen molar-refractivity contribution in [3.8, 4) is 0 Å². The second kappa shape index (κ2) is 16.2. The van der Waals surface area contributed by atoms with Gasteiger partial charge in [-0.1, -0.05) is 0 Å². The predicted molar refractivity (Wildman–Crippen MR) is 195 cm³/mol. The lowest BCUT2D eigenvalue weighted by molar-refractivity contribution is -0.156. The van der Waals surface area contributed by atoms with Gasteiger partial charge in [-0.3, -0.25) is 24.4 Å². The summed E-state index contributed by atoms with van der Waals surface area (Å²) in [5, 5.41) is 0. The smallest absolute Gasteiger partial charge is 0.306 e. The van der Waals surface area contributed by atoms with E-state index < -0.39 is 5.60 Å². The Bertz CT molecular complexity index is 1850. The van der Waals surface area contributed by atoms with Gasteiger partial charge < -0.3 is 29.4 Å². The summed E-state index contributed by atoms with van der Waals surface area (Å²) in [6.07, 6.45) is 8.24. The molecule has 0 amide bonds. The van der Waals surface area contributed by atoms with E-state index in [1.165, 1.54) is 0 Å². The summed E-state index contributed by atoms with van der Waals surface area (Å²) in [6, 6.07) is 11.2. The summed E-state index contributed by atoms with van der Waals surface area (Å²) >= 11 is 0. The third kappa shape index (κ3) is 10.3. The third-order valence-corrected chi connectivity index (χ3v) is 9.44. The number of likely N-dealkylation sites (tertiary alicyclic amines) is 2. The molecule has 264 valence electrons. The number of pyridine rings is 4. The molecule has 2 aliphatic heterocycles. The fourth-order valence-corrected chi connectivity index (χ4v) is 6.69. The minimum absolute atomic E-state index is 0.0136. The highest BCUT2D eigenvalue weighted by Crippen LogP contribution is 2.22. The van der Waals surface area contributed by atoms with Crippen LogP contribution < -0.4 is 16.9 Å². The van der Waals surface area contributed by atoms with Crippen molar-refractivity contribution in [1.82, 2.24) is 28.9 Å². The molecule has 0 atom stereocenters. The highest BCUT2D eigenvalue weighted by molar-refractivity contribution is 5.75. The standard InChI is InChI=1S/C22H31N3O3.C16H22N4O/c1-16-13-19-18(23-15-16)5-6-20(26)25(19)12-11-24-9-7-17(8-10-24)14-21(27)28-22(2,3)4;1-12-10-15-14(18-11-12)2-3-16(21)20(15)9-8-19-6-4-13(17)5-7-19/h5-6,13,15,17H,7-12,14H2,1-4H3;2-3,10-11,13H,4-9,17H2,1H3. The van der Waals surface area contributed by atoms with Crippen LogP contribution in [0.15, 0.2) is 58.4 Å². The Kier molecular flexibility index (Phi) is 12.0. The van der Waals surface area contributed by atoms with Gasteiger partial charge in [0.2, 0.25) is 0 Å². The van der Waals surface area contributed by atoms with E-state index in [1.807, 2.05) is 68.3 Å². The number of ether oxygens (including phenoxy) is 1. The number of nitrogens with zero attached hydrogens (tertiary/aromatic N) is 6. The number of aryl methyl sites for hydroxylation is 2. The van der Waals surface area contributed by atoms with Crippen LogP contribution in [-0.2, 0) is 22.6 Å². The lowest BCUT2D eigenvalue weighted by Crippen LogP contribution is -2.41. The Labute approximate surface area is 289 Å². The molecule has 0 spiro atoms. The Morgan fingerprint density at radius 1 is 0.755 bits per heavy atom. The zero-order chi connectivity index (χ0) is 35.1. The van der Waals surface area contributed by atoms with Gasteiger partial charge in [-0.15, -0.1) is 0 Å². The van der Waals surface area contributed by atoms with Crippen molar-refractivity contribution in [2.45, 2.75) is 91.5 Å². The van der Waals surface area contributed by atoms with Crippen LogP contribution in [0.4, 0.5) is 0 Å². The number of rotatable bonds is 8. The van der Waals surface area contributed by atoms with Gasteiger partial charge in [0.05, 0.1) is 22.1 Å². The van der Waals surface area contributed by atoms with Crippen LogP contribution >= 0.6 is 0 Å². The molecule has 4 aromatic heterocycles. The van der Waals surface area contributed by atoms with Crippen LogP contribution in [0.25, 0.3) is 22.1 Å². The van der Waals surface area contributed by atoms with E-state index in [9.17, 15) is 14.4 Å². The molecule has 2 saturated heterocycles. The van der Waals surface area contributed by atoms with E-state index in [0.29, 0.717) is 31.5 Å². The van der Waals surface area contributed by atoms with E-state index in [2.05, 4.69) is 19.8 Å². The van der Waals surface area contributed by atoms with Crippen LogP contribution in [0, 0.1) is 19.8 Å². The largest absolute Gasteiger partial charge is 0.460 e. The van der Waals surface area contributed by atoms with Gasteiger partial charge >= 0.3 is 5.97 Å². The van der Waals surface area contributed by atoms with Gasteiger partial charge in [0, 0.05) is 63.2 Å². The van der Waals surface area contributed by atoms with E-state index >= 15 is 0 Å². The monoisotopic (exact) mass is 671 g/mol. The van der Waals surface area contributed by atoms with E-state index in [1.54, 1.807) is 24.3 Å². The maximum absolute atomic E-state index is 12.4. The number of nitrogens with two attached hydrogens (primary N) is 1. The van der Waals surface area contributed by atoms with Gasteiger partial charge in [-0.2, -0.15) is 0 Å². The number of hydrogen-bond donors (Lipinski definition) is 1. The number of aromatic nitrogens is 4. The van der Waals surface area contributed by atoms with Crippen molar-refractivity contribution in [3.05, 3.63) is 80.6 Å². The van der Waals surface area contributed by atoms with E-state index in [0.717, 1.165) is 98.1 Å². The molecule has 0 aromatic carbocycles. The van der Waals surface area contributed by atoms with E-state index in [-0.39, 0.29) is 17.1 Å². The second-order valence-corrected chi connectivity index (χ2v) is 14.7. The molecule has 2 aliphatic rings. The zero-order valence-corrected chi connectivity index (χ0v) is 29.9. The first-order valence-electron chi connectivity index (χ1n) is 17.7. The summed E-state index contributed by atoms with van der Waals surface area (Å²) in [5.41, 5.74) is 11.2. The molecule has 0 radical (unpaired) electrons. The highest BCUT2D eigenvalue weighted by atomic mass is 16.6. The fourth-order valence-electron chi connectivity index (χ4n) is 6.69. The second-order valence-electron chi connectivity index (χ2n) is 14.7. The van der Waals surface area contributed by atoms with Crippen molar-refractivity contribution >= 4 is 28.0 Å². The van der Waals surface area contributed by atoms with Crippen molar-refractivity contribution in [3.63, 3.8) is 0 Å². The normalized spacial score (nSPS) is 16.9. The Hall–Kier alpha value is -3.93. The minimum atomic E-state index is -0.420. The van der Waals surface area contributed by atoms with Gasteiger partial charge in [0.1, 0.15) is 5.60 Å². The van der Waals surface area contributed by atoms with Crippen LogP contribution in [0.2, 0.25) is 0 Å². The van der Waals surface area contributed by atoms with Gasteiger partial charge in [0.25, 0.3) is 11.1 Å². The summed E-state index contributed by atoms with van der Waals surface area (Å²) in [6.45, 7) is 16.7. The predicted octanol–water partition coefficient (Wildman–Crippen LogP) is 4.28. The molecule has 0 saturated carbocycles. The van der Waals surface area contributed by atoms with Gasteiger partial charge in [0.15, 0.2) is 0 Å². The number of esters is 1. The third-order valence-electron chi connectivity index (χ3n) is 9.44. The molecule has 6 heterocycles. The molecule has 0 bridgehead atoms. The number of fused-ring (bicyclic) bond motifs is 2. The number of carbonyl (C=O) groups excluding carboxylic acids is 1. The molecule has 11 nitrogen and oxygen atoms in total. The van der Waals surface area contributed by atoms with Crippen molar-refractivity contribution in [2.75, 3.05) is 39.3 Å². The van der Waals surface area contributed by atoms with E-state index in [4.69, 9.17) is 10.5 Å². The summed E-state index contributed by atoms with van der Waals surface area (Å²) in [5.74, 6) is 0.286. The Morgan fingerprint density at radius 3 is 1.65 bits per heavy atom. The molecule has 0 aliphatic carbocycles. The lowest BCUT2D eigenvalue weighted by Gasteiger charge is -2.32.